The van der Waals surface area contributed by atoms with Gasteiger partial charge in [-0.05, 0) is 68.9 Å². The molecule has 4 atom stereocenters. The van der Waals surface area contributed by atoms with Crippen molar-refractivity contribution in [1.29, 1.82) is 0 Å². The number of nitrogens with one attached hydrogen (secondary N) is 3. The summed E-state index contributed by atoms with van der Waals surface area (Å²) in [5.74, 6) is -2.96. The minimum Gasteiger partial charge on any atom is -0.394 e. The number of aliphatic hydroxyl groups excluding tert-OH is 2. The fraction of sp³-hybridized carbons (Fsp3) is 0.312. The van der Waals surface area contributed by atoms with Crippen LogP contribution in [0.3, 0.4) is 0 Å². The number of benzene rings is 4. The van der Waals surface area contributed by atoms with E-state index >= 15 is 0 Å². The second kappa shape index (κ2) is 34.6. The summed E-state index contributed by atoms with van der Waals surface area (Å²) in [6.07, 6.45) is -4.74. The van der Waals surface area contributed by atoms with Crippen LogP contribution in [0.4, 0.5) is 49.7 Å². The molecular weight excluding hydrogens is 1300 g/mol. The topological polar surface area (TPSA) is 245 Å². The van der Waals surface area contributed by atoms with Crippen molar-refractivity contribution in [3.63, 3.8) is 0 Å². The molecule has 0 saturated carbocycles. The van der Waals surface area contributed by atoms with E-state index < -0.39 is 85.1 Å². The van der Waals surface area contributed by atoms with Crippen molar-refractivity contribution in [3.05, 3.63) is 209 Å². The number of aliphatic hydroxyl groups is 2. The first kappa shape index (κ1) is 75.3. The highest BCUT2D eigenvalue weighted by atomic mass is 35.5. The fourth-order valence-electron chi connectivity index (χ4n) is 9.08. The molecule has 508 valence electrons. The Bertz CT molecular complexity index is 3920. The average Bonchev–Trinajstić information content (AvgIpc) is 1.51. The molecule has 6 aromatic heterocycles. The monoisotopic (exact) mass is 1370 g/mol. The number of alkyl halides is 6. The van der Waals surface area contributed by atoms with Crippen LogP contribution >= 0.6 is 24.0 Å². The van der Waals surface area contributed by atoms with Gasteiger partial charge in [0.15, 0.2) is 34.3 Å². The minimum absolute atomic E-state index is 0. The number of rotatable bonds is 23. The molecule has 2 unspecified atom stereocenters. The maximum atomic E-state index is 14.8. The summed E-state index contributed by atoms with van der Waals surface area (Å²) in [7, 11) is 0. The van der Waals surface area contributed by atoms with E-state index in [1.54, 1.807) is 120 Å². The number of nitrogens with two attached hydrogens (primary N) is 1. The van der Waals surface area contributed by atoms with Crippen LogP contribution in [-0.2, 0) is 13.1 Å². The standard InChI is InChI=1S/C29H26F5N7O2.C17H10ClF2N5O.C12H17F3N2O.C6H15N.ClH/c1-28(29(32,33)34,38-24(16-42)18-7-3-2-4-8-18)17-36-26-21(31)14-35-27(37-26)23-13-25(22-11-12-43-40-22)41(39-23)15-19-9-5-6-10-20(19)30;18-16-12(20)8-21-17(22-16)14-7-15(13-5-6-26-24-13)25(23-14)9-10-3-1-2-4-11(10)19;1-11(8-16,12(13,14)15)17-10(7-18)9-5-3-2-4-6-9;1-4-7(5-2)6-3;/h2-14,24,38,42H,15-17H2,1H3,(H,35,36,37);1-8H,9H2;2-6,10,17-18H,7-8,16H2,1H3;4-6H2,1-3H3;1H/t24?,28-;;10?,11-;;/m1.1../s1. The Morgan fingerprint density at radius 3 is 1.34 bits per heavy atom. The molecule has 0 bridgehead atoms. The van der Waals surface area contributed by atoms with Gasteiger partial charge in [-0.2, -0.15) is 36.5 Å². The van der Waals surface area contributed by atoms with Gasteiger partial charge in [0.2, 0.25) is 0 Å². The highest BCUT2D eigenvalue weighted by molar-refractivity contribution is 6.29. The third kappa shape index (κ3) is 19.9. The molecule has 6 heterocycles. The Balaban J connectivity index is 0.000000232. The molecule has 95 heavy (non-hydrogen) atoms. The maximum Gasteiger partial charge on any atom is 0.408 e. The van der Waals surface area contributed by atoms with Gasteiger partial charge in [-0.3, -0.25) is 20.0 Å². The average molecular weight is 1370 g/mol. The van der Waals surface area contributed by atoms with Crippen molar-refractivity contribution in [2.45, 2.75) is 83.2 Å². The van der Waals surface area contributed by atoms with Crippen molar-refractivity contribution in [3.8, 4) is 45.8 Å². The van der Waals surface area contributed by atoms with Crippen molar-refractivity contribution in [2.24, 2.45) is 5.73 Å². The number of hydrogen-bond donors (Lipinski definition) is 6. The van der Waals surface area contributed by atoms with E-state index in [-0.39, 0.29) is 53.8 Å². The van der Waals surface area contributed by atoms with Crippen LogP contribution in [0.25, 0.3) is 45.8 Å². The third-order valence-electron chi connectivity index (χ3n) is 14.8. The normalized spacial score (nSPS) is 13.3. The summed E-state index contributed by atoms with van der Waals surface area (Å²) in [6.45, 7) is 9.70. The third-order valence-corrected chi connectivity index (χ3v) is 15.1. The summed E-state index contributed by atoms with van der Waals surface area (Å²) < 4.78 is 151. The molecule has 0 radical (unpaired) electrons. The molecule has 0 fully saturated rings. The van der Waals surface area contributed by atoms with Crippen LogP contribution in [0, 0.1) is 23.3 Å². The zero-order valence-electron chi connectivity index (χ0n) is 51.8. The van der Waals surface area contributed by atoms with Gasteiger partial charge in [-0.15, -0.1) is 12.4 Å². The number of anilines is 1. The predicted molar refractivity (Wildman–Crippen MR) is 339 cm³/mol. The van der Waals surface area contributed by atoms with Crippen LogP contribution in [0.1, 0.15) is 69.0 Å². The van der Waals surface area contributed by atoms with Gasteiger partial charge in [0, 0.05) is 36.3 Å². The van der Waals surface area contributed by atoms with Crippen molar-refractivity contribution in [1.82, 2.24) is 65.3 Å². The van der Waals surface area contributed by atoms with E-state index in [0.717, 1.165) is 26.2 Å². The molecule has 10 rings (SSSR count). The van der Waals surface area contributed by atoms with Crippen molar-refractivity contribution in [2.75, 3.05) is 51.3 Å². The van der Waals surface area contributed by atoms with E-state index in [4.69, 9.17) is 26.4 Å². The van der Waals surface area contributed by atoms with E-state index in [2.05, 4.69) is 82.1 Å². The van der Waals surface area contributed by atoms with Gasteiger partial charge in [-0.25, -0.2) is 37.5 Å². The van der Waals surface area contributed by atoms with E-state index in [1.807, 2.05) is 0 Å². The van der Waals surface area contributed by atoms with Crippen molar-refractivity contribution >= 4 is 29.8 Å². The lowest BCUT2D eigenvalue weighted by molar-refractivity contribution is -0.191. The number of nitrogens with zero attached hydrogens (tertiary/aromatic N) is 11. The summed E-state index contributed by atoms with van der Waals surface area (Å²) in [5, 5.41) is 42.7. The van der Waals surface area contributed by atoms with Gasteiger partial charge in [0.05, 0.1) is 62.2 Å². The second-order valence-electron chi connectivity index (χ2n) is 21.2. The molecule has 31 heteroatoms. The SMILES string of the molecule is CCN(CC)CC.C[C@](CN)(NC(CO)c1ccccc1)C(F)(F)F.C[C@](CNc1nc(-c2cc(-c3ccon3)n(Cc3ccccc3F)n2)ncc1F)(NC(CO)c1ccccc1)C(F)(F)F.Cl.Fc1ccccc1Cn1nc(-c2ncc(F)c(Cl)n2)cc1-c1ccon1. The number of hydrogen-bond acceptors (Lipinski definition) is 17. The van der Waals surface area contributed by atoms with Crippen molar-refractivity contribution < 1.29 is 63.2 Å². The lowest BCUT2D eigenvalue weighted by Crippen LogP contribution is -2.60. The van der Waals surface area contributed by atoms with Gasteiger partial charge in [0.25, 0.3) is 0 Å². The summed E-state index contributed by atoms with van der Waals surface area (Å²) >= 11 is 5.72. The van der Waals surface area contributed by atoms with Crippen LogP contribution in [0.15, 0.2) is 167 Å². The predicted octanol–water partition coefficient (Wildman–Crippen LogP) is 12.7. The minimum atomic E-state index is -4.80. The zero-order valence-corrected chi connectivity index (χ0v) is 53.4. The lowest BCUT2D eigenvalue weighted by Gasteiger charge is -2.36. The molecule has 0 aliphatic carbocycles. The smallest absolute Gasteiger partial charge is 0.394 e. The Morgan fingerprint density at radius 2 is 0.968 bits per heavy atom. The Kier molecular flexibility index (Phi) is 27.5. The molecule has 10 aromatic rings. The van der Waals surface area contributed by atoms with Gasteiger partial charge in [0.1, 0.15) is 58.0 Å². The summed E-state index contributed by atoms with van der Waals surface area (Å²) in [6, 6.07) is 33.7. The molecule has 19 nitrogen and oxygen atoms in total. The molecular formula is C64H69Cl2F10N15O4. The summed E-state index contributed by atoms with van der Waals surface area (Å²) in [4.78, 5) is 18.3. The summed E-state index contributed by atoms with van der Waals surface area (Å²) in [5.41, 5.74) is 4.55. The molecule has 7 N–H and O–H groups in total. The number of aromatic nitrogens is 10. The molecule has 0 aliphatic rings. The highest BCUT2D eigenvalue weighted by Crippen LogP contribution is 2.35. The number of halogens is 12. The van der Waals surface area contributed by atoms with Crippen LogP contribution in [0.2, 0.25) is 5.15 Å². The molecule has 0 amide bonds. The molecule has 0 spiro atoms. The van der Waals surface area contributed by atoms with Crippen LogP contribution < -0.4 is 21.7 Å². The second-order valence-corrected chi connectivity index (χ2v) is 21.6. The van der Waals surface area contributed by atoms with E-state index in [0.29, 0.717) is 50.7 Å². The molecule has 0 aliphatic heterocycles. The first-order chi connectivity index (χ1) is 44.9. The van der Waals surface area contributed by atoms with Crippen LogP contribution in [-0.4, -0.2) is 134 Å². The quantitative estimate of drug-likeness (QED) is 0.0257. The van der Waals surface area contributed by atoms with E-state index in [1.165, 1.54) is 55.0 Å². The Labute approximate surface area is 551 Å². The first-order valence-electron chi connectivity index (χ1n) is 29.2. The molecule has 4 aromatic carbocycles. The van der Waals surface area contributed by atoms with Gasteiger partial charge >= 0.3 is 12.4 Å². The maximum absolute atomic E-state index is 14.8. The van der Waals surface area contributed by atoms with Gasteiger partial charge < -0.3 is 35.2 Å². The largest absolute Gasteiger partial charge is 0.408 e. The first-order valence-corrected chi connectivity index (χ1v) is 29.6. The Morgan fingerprint density at radius 1 is 0.558 bits per heavy atom. The van der Waals surface area contributed by atoms with E-state index in [9.17, 15) is 54.1 Å². The zero-order chi connectivity index (χ0) is 68.2. The van der Waals surface area contributed by atoms with Crippen LogP contribution in [0.5, 0.6) is 0 Å². The molecule has 0 saturated heterocycles. The lowest BCUT2D eigenvalue weighted by atomic mass is 9.97. The Hall–Kier alpha value is -8.68. The van der Waals surface area contributed by atoms with Gasteiger partial charge in [-0.1, -0.05) is 140 Å². The highest BCUT2D eigenvalue weighted by Gasteiger charge is 2.53. The fourth-order valence-corrected chi connectivity index (χ4v) is 9.21.